The van der Waals surface area contributed by atoms with Crippen molar-refractivity contribution in [3.8, 4) is 0 Å². The van der Waals surface area contributed by atoms with E-state index in [4.69, 9.17) is 0 Å². The number of hydrogen-bond acceptors (Lipinski definition) is 6. The standard InChI is InChI=1S/C24H26N6O/c1-16-7-8-19(13-17(16)2)18-9-11-30(12-10-18)24-27-15-26-23(29-24)28-21-6-4-5-20(14-21)22(31)25-3/h4-9,13-15H,10-12H2,1-3H3,(H,25,31)(H,26,27,28,29). The van der Waals surface area contributed by atoms with E-state index in [2.05, 4.69) is 68.6 Å². The Morgan fingerprint density at radius 1 is 1.06 bits per heavy atom. The molecule has 158 valence electrons. The normalized spacial score (nSPS) is 13.5. The van der Waals surface area contributed by atoms with E-state index in [9.17, 15) is 4.79 Å². The lowest BCUT2D eigenvalue weighted by Gasteiger charge is -2.26. The summed E-state index contributed by atoms with van der Waals surface area (Å²) in [6.07, 6.45) is 4.69. The minimum absolute atomic E-state index is 0.139. The molecule has 0 spiro atoms. The van der Waals surface area contributed by atoms with Crippen molar-refractivity contribution in [2.45, 2.75) is 20.3 Å². The van der Waals surface area contributed by atoms with Crippen molar-refractivity contribution in [2.24, 2.45) is 0 Å². The molecule has 0 aliphatic carbocycles. The van der Waals surface area contributed by atoms with Crippen molar-refractivity contribution in [2.75, 3.05) is 30.4 Å². The first-order valence-electron chi connectivity index (χ1n) is 10.3. The summed E-state index contributed by atoms with van der Waals surface area (Å²) in [5, 5.41) is 5.79. The zero-order chi connectivity index (χ0) is 21.8. The zero-order valence-corrected chi connectivity index (χ0v) is 18.0. The number of nitrogens with zero attached hydrogens (tertiary/aromatic N) is 4. The van der Waals surface area contributed by atoms with Crippen molar-refractivity contribution in [1.29, 1.82) is 0 Å². The van der Waals surface area contributed by atoms with E-state index < -0.39 is 0 Å². The van der Waals surface area contributed by atoms with Crippen molar-refractivity contribution < 1.29 is 4.79 Å². The molecule has 2 N–H and O–H groups in total. The third kappa shape index (κ3) is 4.71. The number of nitrogens with one attached hydrogen (secondary N) is 2. The number of aromatic nitrogens is 3. The minimum Gasteiger partial charge on any atom is -0.355 e. The molecule has 3 aromatic rings. The molecular formula is C24H26N6O. The lowest BCUT2D eigenvalue weighted by atomic mass is 9.96. The van der Waals surface area contributed by atoms with E-state index >= 15 is 0 Å². The molecule has 7 heteroatoms. The molecule has 0 unspecified atom stereocenters. The predicted octanol–water partition coefficient (Wildman–Crippen LogP) is 3.89. The average Bonchev–Trinajstić information content (AvgIpc) is 2.81. The van der Waals surface area contributed by atoms with E-state index in [1.807, 2.05) is 12.1 Å². The Bertz CT molecular complexity index is 1140. The molecule has 0 bridgehead atoms. The van der Waals surface area contributed by atoms with E-state index in [1.165, 1.54) is 28.6 Å². The van der Waals surface area contributed by atoms with E-state index in [1.54, 1.807) is 19.2 Å². The van der Waals surface area contributed by atoms with Crippen molar-refractivity contribution in [3.63, 3.8) is 0 Å². The summed E-state index contributed by atoms with van der Waals surface area (Å²) in [5.74, 6) is 0.943. The first kappa shape index (κ1) is 20.5. The maximum Gasteiger partial charge on any atom is 0.251 e. The zero-order valence-electron chi connectivity index (χ0n) is 18.0. The van der Waals surface area contributed by atoms with Gasteiger partial charge in [-0.05, 0) is 60.7 Å². The van der Waals surface area contributed by atoms with Gasteiger partial charge >= 0.3 is 0 Å². The Morgan fingerprint density at radius 3 is 2.68 bits per heavy atom. The van der Waals surface area contributed by atoms with Crippen molar-refractivity contribution in [3.05, 3.63) is 77.1 Å². The largest absolute Gasteiger partial charge is 0.355 e. The van der Waals surface area contributed by atoms with E-state index in [0.29, 0.717) is 17.5 Å². The van der Waals surface area contributed by atoms with Crippen LogP contribution in [-0.4, -0.2) is 41.0 Å². The van der Waals surface area contributed by atoms with Gasteiger partial charge in [0, 0.05) is 31.4 Å². The van der Waals surface area contributed by atoms with Gasteiger partial charge in [-0.15, -0.1) is 0 Å². The number of carbonyl (C=O) groups is 1. The Kier molecular flexibility index (Phi) is 5.93. The molecule has 4 rings (SSSR count). The molecule has 0 atom stereocenters. The van der Waals surface area contributed by atoms with Gasteiger partial charge in [0.25, 0.3) is 5.91 Å². The summed E-state index contributed by atoms with van der Waals surface area (Å²) in [6, 6.07) is 13.9. The van der Waals surface area contributed by atoms with Crippen LogP contribution in [-0.2, 0) is 0 Å². The number of rotatable bonds is 5. The monoisotopic (exact) mass is 414 g/mol. The summed E-state index contributed by atoms with van der Waals surface area (Å²) in [5.41, 5.74) is 6.59. The Hall–Kier alpha value is -3.74. The summed E-state index contributed by atoms with van der Waals surface area (Å²) < 4.78 is 0. The van der Waals surface area contributed by atoms with Gasteiger partial charge in [-0.2, -0.15) is 4.98 Å². The van der Waals surface area contributed by atoms with Crippen molar-refractivity contribution in [1.82, 2.24) is 20.3 Å². The molecule has 1 amide bonds. The quantitative estimate of drug-likeness (QED) is 0.659. The van der Waals surface area contributed by atoms with Crippen LogP contribution in [0, 0.1) is 13.8 Å². The highest BCUT2D eigenvalue weighted by atomic mass is 16.1. The van der Waals surface area contributed by atoms with Gasteiger partial charge < -0.3 is 15.5 Å². The van der Waals surface area contributed by atoms with Crippen LogP contribution in [0.15, 0.2) is 54.9 Å². The van der Waals surface area contributed by atoms with E-state index in [-0.39, 0.29) is 5.91 Å². The summed E-state index contributed by atoms with van der Waals surface area (Å²) in [4.78, 5) is 27.1. The number of amides is 1. The molecule has 0 fully saturated rings. The maximum absolute atomic E-state index is 11.9. The van der Waals surface area contributed by atoms with Crippen LogP contribution in [0.4, 0.5) is 17.6 Å². The topological polar surface area (TPSA) is 83.0 Å². The van der Waals surface area contributed by atoms with Gasteiger partial charge in [0.2, 0.25) is 11.9 Å². The lowest BCUT2D eigenvalue weighted by molar-refractivity contribution is 0.0963. The Labute approximate surface area is 182 Å². The smallest absolute Gasteiger partial charge is 0.251 e. The van der Waals surface area contributed by atoms with Crippen molar-refractivity contribution >= 4 is 29.1 Å². The molecule has 2 aromatic carbocycles. The lowest BCUT2D eigenvalue weighted by Crippen LogP contribution is -2.30. The number of anilines is 3. The van der Waals surface area contributed by atoms with Crippen LogP contribution < -0.4 is 15.5 Å². The molecule has 0 radical (unpaired) electrons. The second-order valence-electron chi connectivity index (χ2n) is 7.62. The summed E-state index contributed by atoms with van der Waals surface area (Å²) in [7, 11) is 1.61. The molecule has 0 saturated carbocycles. The van der Waals surface area contributed by atoms with Gasteiger partial charge in [-0.1, -0.05) is 30.3 Å². The minimum atomic E-state index is -0.139. The second kappa shape index (κ2) is 8.95. The average molecular weight is 415 g/mol. The fourth-order valence-electron chi connectivity index (χ4n) is 3.57. The second-order valence-corrected chi connectivity index (χ2v) is 7.62. The highest BCUT2D eigenvalue weighted by Crippen LogP contribution is 2.26. The van der Waals surface area contributed by atoms with Crippen LogP contribution in [0.3, 0.4) is 0 Å². The SMILES string of the molecule is CNC(=O)c1cccc(Nc2ncnc(N3CC=C(c4ccc(C)c(C)c4)CC3)n2)c1. The van der Waals surface area contributed by atoms with Gasteiger partial charge in [0.05, 0.1) is 0 Å². The molecule has 31 heavy (non-hydrogen) atoms. The Morgan fingerprint density at radius 2 is 1.94 bits per heavy atom. The fourth-order valence-corrected chi connectivity index (χ4v) is 3.57. The number of benzene rings is 2. The van der Waals surface area contributed by atoms with Crippen LogP contribution in [0.2, 0.25) is 0 Å². The van der Waals surface area contributed by atoms with Crippen LogP contribution in [0.25, 0.3) is 5.57 Å². The molecule has 2 heterocycles. The van der Waals surface area contributed by atoms with E-state index in [0.717, 1.165) is 25.2 Å². The maximum atomic E-state index is 11.9. The molecule has 1 aliphatic heterocycles. The van der Waals surface area contributed by atoms with Gasteiger partial charge in [0.15, 0.2) is 0 Å². The van der Waals surface area contributed by atoms with Gasteiger partial charge in [0.1, 0.15) is 6.33 Å². The fraction of sp³-hybridized carbons (Fsp3) is 0.250. The highest BCUT2D eigenvalue weighted by molar-refractivity contribution is 5.95. The first-order valence-corrected chi connectivity index (χ1v) is 10.3. The van der Waals surface area contributed by atoms with Crippen LogP contribution in [0.1, 0.15) is 33.5 Å². The Balaban J connectivity index is 1.47. The predicted molar refractivity (Wildman–Crippen MR) is 124 cm³/mol. The first-order chi connectivity index (χ1) is 15.0. The van der Waals surface area contributed by atoms with Crippen LogP contribution in [0.5, 0.6) is 0 Å². The number of aryl methyl sites for hydroxylation is 2. The summed E-state index contributed by atoms with van der Waals surface area (Å²) in [6.45, 7) is 5.88. The molecule has 7 nitrogen and oxygen atoms in total. The highest BCUT2D eigenvalue weighted by Gasteiger charge is 2.16. The number of carbonyl (C=O) groups excluding carboxylic acids is 1. The molecular weight excluding hydrogens is 388 g/mol. The third-order valence-corrected chi connectivity index (χ3v) is 5.54. The van der Waals surface area contributed by atoms with Gasteiger partial charge in [-0.3, -0.25) is 4.79 Å². The van der Waals surface area contributed by atoms with Gasteiger partial charge in [-0.25, -0.2) is 9.97 Å². The summed E-state index contributed by atoms with van der Waals surface area (Å²) >= 11 is 0. The van der Waals surface area contributed by atoms with Crippen LogP contribution >= 0.6 is 0 Å². The molecule has 0 saturated heterocycles. The molecule has 1 aromatic heterocycles. The third-order valence-electron chi connectivity index (χ3n) is 5.54. The molecule has 1 aliphatic rings. The number of hydrogen-bond donors (Lipinski definition) is 2.